The van der Waals surface area contributed by atoms with Gasteiger partial charge in [0.1, 0.15) is 0 Å². The van der Waals surface area contributed by atoms with Crippen molar-refractivity contribution >= 4 is 0 Å². The molecule has 1 heterocycles. The van der Waals surface area contributed by atoms with Crippen molar-refractivity contribution in [2.75, 3.05) is 0 Å². The van der Waals surface area contributed by atoms with Crippen molar-refractivity contribution in [2.45, 2.75) is 13.5 Å². The summed E-state index contributed by atoms with van der Waals surface area (Å²) < 4.78 is 0. The molecule has 1 aromatic heterocycles. The summed E-state index contributed by atoms with van der Waals surface area (Å²) in [5.74, 6) is 0. The largest absolute Gasteiger partial charge is 0.390 e. The molecule has 1 rings (SSSR count). The van der Waals surface area contributed by atoms with Gasteiger partial charge in [-0.2, -0.15) is 0 Å². The molecule has 0 unspecified atom stereocenters. The number of aliphatic hydroxyl groups is 1. The Balaban J connectivity index is 0.000000640. The zero-order valence-electron chi connectivity index (χ0n) is 4.98. The van der Waals surface area contributed by atoms with Gasteiger partial charge in [0.25, 0.3) is 0 Å². The number of aromatic amines is 1. The predicted molar refractivity (Wildman–Crippen MR) is 29.2 cm³/mol. The van der Waals surface area contributed by atoms with E-state index in [1.807, 2.05) is 6.92 Å². The molecule has 0 atom stereocenters. The molecule has 4 heteroatoms. The van der Waals surface area contributed by atoms with Crippen molar-refractivity contribution in [1.29, 1.82) is 0 Å². The van der Waals surface area contributed by atoms with E-state index in [1.165, 1.54) is 0 Å². The molecular weight excluding hydrogens is 301 g/mol. The zero-order chi connectivity index (χ0) is 5.98. The Kier molecular flexibility index (Phi) is 3.81. The topological polar surface area (TPSA) is 48.9 Å². The van der Waals surface area contributed by atoms with Crippen molar-refractivity contribution in [3.05, 3.63) is 17.7 Å². The van der Waals surface area contributed by atoms with Crippen LogP contribution in [-0.2, 0) is 29.0 Å². The third-order valence-corrected chi connectivity index (χ3v) is 1.09. The number of imidazole rings is 1. The summed E-state index contributed by atoms with van der Waals surface area (Å²) in [5, 5.41) is 8.54. The van der Waals surface area contributed by atoms with Crippen LogP contribution in [0.1, 0.15) is 11.4 Å². The minimum absolute atomic E-state index is 0. The molecule has 0 spiro atoms. The Morgan fingerprint density at radius 3 is 2.67 bits per heavy atom. The molecule has 1 radical (unpaired) electrons. The zero-order valence-corrected chi connectivity index (χ0v) is 7.15. The van der Waals surface area contributed by atoms with Crippen molar-refractivity contribution in [1.82, 2.24) is 9.97 Å². The molecule has 0 fully saturated rings. The number of hydrogen-bond donors (Lipinski definition) is 2. The second-order valence-corrected chi connectivity index (χ2v) is 1.62. The van der Waals surface area contributed by atoms with Crippen LogP contribution in [0.2, 0.25) is 0 Å². The van der Waals surface area contributed by atoms with Crippen LogP contribution in [0.3, 0.4) is 0 Å². The van der Waals surface area contributed by atoms with E-state index in [-0.39, 0.29) is 29.0 Å². The number of hydrogen-bond acceptors (Lipinski definition) is 2. The smallest absolute Gasteiger partial charge is 0.0925 e. The Morgan fingerprint density at radius 2 is 2.44 bits per heavy atom. The van der Waals surface area contributed by atoms with Gasteiger partial charge in [-0.1, -0.05) is 0 Å². The monoisotopic (exact) mass is 309 g/mol. The molecule has 2 N–H and O–H groups in total. The van der Waals surface area contributed by atoms with E-state index in [1.54, 1.807) is 6.33 Å². The van der Waals surface area contributed by atoms with E-state index in [2.05, 4.69) is 9.97 Å². The van der Waals surface area contributed by atoms with Crippen LogP contribution in [-0.4, -0.2) is 15.1 Å². The van der Waals surface area contributed by atoms with Crippen LogP contribution in [0.4, 0.5) is 0 Å². The third kappa shape index (κ3) is 1.95. The van der Waals surface area contributed by atoms with Crippen LogP contribution in [0.15, 0.2) is 6.33 Å². The van der Waals surface area contributed by atoms with E-state index in [4.69, 9.17) is 5.11 Å². The van der Waals surface area contributed by atoms with E-state index in [9.17, 15) is 0 Å². The van der Waals surface area contributed by atoms with Gasteiger partial charge in [0.2, 0.25) is 0 Å². The van der Waals surface area contributed by atoms with Crippen LogP contribution in [0.5, 0.6) is 0 Å². The summed E-state index contributed by atoms with van der Waals surface area (Å²) in [6.45, 7) is 1.90. The summed E-state index contributed by atoms with van der Waals surface area (Å²) in [6.07, 6.45) is 1.57. The molecule has 0 saturated heterocycles. The van der Waals surface area contributed by atoms with Gasteiger partial charge in [0, 0.05) is 22.4 Å². The van der Waals surface area contributed by atoms with Crippen molar-refractivity contribution in [3.8, 4) is 0 Å². The quantitative estimate of drug-likeness (QED) is 0.729. The van der Waals surface area contributed by atoms with Gasteiger partial charge in [0.05, 0.1) is 24.3 Å². The number of H-pyrrole nitrogens is 1. The number of nitrogens with one attached hydrogen (secondary N) is 1. The Hall–Kier alpha value is -0.0897. The predicted octanol–water partition coefficient (Wildman–Crippen LogP) is 0.208. The fourth-order valence-corrected chi connectivity index (χ4v) is 0.549. The standard InChI is InChI=1S/C5H8N2O.Au/c1-4-5(2-8)7-3-6-4;/h3,8H,2H2,1H3,(H,6,7);. The van der Waals surface area contributed by atoms with E-state index in [0.29, 0.717) is 0 Å². The first kappa shape index (κ1) is 8.91. The maximum Gasteiger partial charge on any atom is 0.0925 e. The molecule has 1 aromatic rings. The Labute approximate surface area is 69.0 Å². The van der Waals surface area contributed by atoms with Gasteiger partial charge in [-0.25, -0.2) is 4.98 Å². The number of aryl methyl sites for hydroxylation is 1. The number of aromatic nitrogens is 2. The summed E-state index contributed by atoms with van der Waals surface area (Å²) in [5.41, 5.74) is 1.66. The average molecular weight is 309 g/mol. The van der Waals surface area contributed by atoms with Crippen LogP contribution < -0.4 is 0 Å². The summed E-state index contributed by atoms with van der Waals surface area (Å²) in [7, 11) is 0. The normalized spacial score (nSPS) is 8.67. The molecule has 55 valence electrons. The Morgan fingerprint density at radius 1 is 1.78 bits per heavy atom. The second kappa shape index (κ2) is 3.85. The molecular formula is C5H8AuN2O. The van der Waals surface area contributed by atoms with Crippen LogP contribution in [0, 0.1) is 6.92 Å². The summed E-state index contributed by atoms with van der Waals surface area (Å²) >= 11 is 0. The first-order valence-electron chi connectivity index (χ1n) is 2.44. The van der Waals surface area contributed by atoms with Crippen molar-refractivity contribution < 1.29 is 27.5 Å². The molecule has 0 saturated carbocycles. The fourth-order valence-electron chi connectivity index (χ4n) is 0.549. The van der Waals surface area contributed by atoms with Crippen LogP contribution in [0.25, 0.3) is 0 Å². The van der Waals surface area contributed by atoms with Gasteiger partial charge in [-0.15, -0.1) is 0 Å². The molecule has 0 aliphatic heterocycles. The second-order valence-electron chi connectivity index (χ2n) is 1.62. The van der Waals surface area contributed by atoms with Gasteiger partial charge < -0.3 is 10.1 Å². The molecule has 0 aromatic carbocycles. The summed E-state index contributed by atoms with van der Waals surface area (Å²) in [6, 6.07) is 0. The number of nitrogens with zero attached hydrogens (tertiary/aromatic N) is 1. The van der Waals surface area contributed by atoms with Crippen LogP contribution >= 0.6 is 0 Å². The maximum atomic E-state index is 8.54. The minimum atomic E-state index is 0. The van der Waals surface area contributed by atoms with Gasteiger partial charge >= 0.3 is 0 Å². The summed E-state index contributed by atoms with van der Waals surface area (Å²) in [4.78, 5) is 6.67. The van der Waals surface area contributed by atoms with Gasteiger partial charge in [0.15, 0.2) is 0 Å². The molecule has 0 bridgehead atoms. The molecule has 9 heavy (non-hydrogen) atoms. The first-order valence-corrected chi connectivity index (χ1v) is 2.44. The van der Waals surface area contributed by atoms with E-state index in [0.717, 1.165) is 11.4 Å². The third-order valence-electron chi connectivity index (χ3n) is 1.09. The average Bonchev–Trinajstić information content (AvgIpc) is 2.14. The van der Waals surface area contributed by atoms with E-state index < -0.39 is 0 Å². The SMILES string of the molecule is Cc1nc[nH]c1CO.[Au]. The molecule has 0 aliphatic carbocycles. The number of aliphatic hydroxyl groups excluding tert-OH is 1. The first-order chi connectivity index (χ1) is 3.84. The maximum absolute atomic E-state index is 8.54. The Bertz CT molecular complexity index is 175. The van der Waals surface area contributed by atoms with Gasteiger partial charge in [-0.05, 0) is 6.92 Å². The molecule has 0 amide bonds. The fraction of sp³-hybridized carbons (Fsp3) is 0.400. The number of rotatable bonds is 1. The molecule has 3 nitrogen and oxygen atoms in total. The molecule has 0 aliphatic rings. The van der Waals surface area contributed by atoms with Gasteiger partial charge in [-0.3, -0.25) is 0 Å². The van der Waals surface area contributed by atoms with E-state index >= 15 is 0 Å². The van der Waals surface area contributed by atoms with Crippen molar-refractivity contribution in [2.24, 2.45) is 0 Å². The minimum Gasteiger partial charge on any atom is -0.390 e. The van der Waals surface area contributed by atoms with Crippen molar-refractivity contribution in [3.63, 3.8) is 0 Å².